The summed E-state index contributed by atoms with van der Waals surface area (Å²) in [4.78, 5) is 11.0. The summed E-state index contributed by atoms with van der Waals surface area (Å²) >= 11 is 0. The molecule has 1 unspecified atom stereocenters. The molecule has 0 aliphatic heterocycles. The van der Waals surface area contributed by atoms with Crippen LogP contribution in [-0.2, 0) is 6.42 Å². The van der Waals surface area contributed by atoms with Gasteiger partial charge in [0, 0.05) is 5.92 Å². The normalized spacial score (nSPS) is 12.2. The molecule has 0 aromatic heterocycles. The van der Waals surface area contributed by atoms with Gasteiger partial charge in [0.1, 0.15) is 5.82 Å². The Balaban J connectivity index is 1.89. The van der Waals surface area contributed by atoms with Crippen molar-refractivity contribution in [3.05, 3.63) is 112 Å². The Morgan fingerprint density at radius 1 is 1.00 bits per heavy atom. The number of carboxylic acids is 1. The molecule has 28 heavy (non-hydrogen) atoms. The van der Waals surface area contributed by atoms with Crippen LogP contribution >= 0.6 is 0 Å². The molecule has 3 aromatic rings. The molecule has 0 fully saturated rings. The first-order valence-electron chi connectivity index (χ1n) is 9.25. The van der Waals surface area contributed by atoms with Crippen LogP contribution in [-0.4, -0.2) is 11.1 Å². The quantitative estimate of drug-likeness (QED) is 0.559. The van der Waals surface area contributed by atoms with Gasteiger partial charge in [-0.15, -0.1) is 0 Å². The number of hydrogen-bond acceptors (Lipinski definition) is 1. The molecule has 0 saturated carbocycles. The van der Waals surface area contributed by atoms with E-state index in [-0.39, 0.29) is 17.3 Å². The topological polar surface area (TPSA) is 37.3 Å². The van der Waals surface area contributed by atoms with Gasteiger partial charge in [-0.05, 0) is 72.4 Å². The molecule has 3 rings (SSSR count). The number of rotatable bonds is 6. The maximum absolute atomic E-state index is 13.8. The fourth-order valence-corrected chi connectivity index (χ4v) is 3.18. The van der Waals surface area contributed by atoms with E-state index < -0.39 is 5.97 Å². The number of aryl methyl sites for hydroxylation is 2. The largest absolute Gasteiger partial charge is 0.478 e. The van der Waals surface area contributed by atoms with E-state index >= 15 is 0 Å². The fraction of sp³-hybridized carbons (Fsp3) is 0.160. The van der Waals surface area contributed by atoms with E-state index in [4.69, 9.17) is 5.11 Å². The van der Waals surface area contributed by atoms with Crippen LogP contribution in [0.3, 0.4) is 0 Å². The van der Waals surface area contributed by atoms with Crippen molar-refractivity contribution in [3.8, 4) is 0 Å². The molecule has 0 radical (unpaired) electrons. The lowest BCUT2D eigenvalue weighted by molar-refractivity contribution is 0.0697. The highest BCUT2D eigenvalue weighted by atomic mass is 19.1. The Bertz CT molecular complexity index is 1000. The van der Waals surface area contributed by atoms with Gasteiger partial charge in [-0.1, -0.05) is 54.6 Å². The van der Waals surface area contributed by atoms with Crippen molar-refractivity contribution in [2.24, 2.45) is 0 Å². The molecule has 0 saturated heterocycles. The maximum atomic E-state index is 13.8. The molecule has 1 N–H and O–H groups in total. The monoisotopic (exact) mass is 374 g/mol. The van der Waals surface area contributed by atoms with Gasteiger partial charge < -0.3 is 5.11 Å². The summed E-state index contributed by atoms with van der Waals surface area (Å²) < 4.78 is 13.8. The lowest BCUT2D eigenvalue weighted by Crippen LogP contribution is -2.01. The summed E-state index contributed by atoms with van der Waals surface area (Å²) in [6, 6.07) is 19.8. The molecule has 0 amide bonds. The zero-order chi connectivity index (χ0) is 20.1. The SMILES string of the molecule is Cc1ccc(CC(C=Cc2ccc(C(=O)O)cc2)c2cccc(F)c2)cc1C. The summed E-state index contributed by atoms with van der Waals surface area (Å²) in [5.74, 6) is -1.18. The number of carbonyl (C=O) groups is 1. The number of aromatic carboxylic acids is 1. The van der Waals surface area contributed by atoms with Gasteiger partial charge in [0.15, 0.2) is 0 Å². The second kappa shape index (κ2) is 8.66. The van der Waals surface area contributed by atoms with Crippen molar-refractivity contribution in [2.75, 3.05) is 0 Å². The second-order valence-corrected chi connectivity index (χ2v) is 7.07. The maximum Gasteiger partial charge on any atom is 0.335 e. The van der Waals surface area contributed by atoms with Crippen LogP contribution in [0.1, 0.15) is 44.1 Å². The smallest absolute Gasteiger partial charge is 0.335 e. The molecule has 0 bridgehead atoms. The van der Waals surface area contributed by atoms with E-state index in [1.807, 2.05) is 12.1 Å². The van der Waals surface area contributed by atoms with Gasteiger partial charge in [-0.2, -0.15) is 0 Å². The minimum atomic E-state index is -0.942. The van der Waals surface area contributed by atoms with Crippen LogP contribution in [0.15, 0.2) is 72.8 Å². The predicted octanol–water partition coefficient (Wildman–Crippen LogP) is 6.18. The van der Waals surface area contributed by atoms with Crippen LogP contribution in [0.2, 0.25) is 0 Å². The fourth-order valence-electron chi connectivity index (χ4n) is 3.18. The van der Waals surface area contributed by atoms with Crippen LogP contribution < -0.4 is 0 Å². The Labute approximate surface area is 165 Å². The molecule has 3 heteroatoms. The summed E-state index contributed by atoms with van der Waals surface area (Å²) in [6.07, 6.45) is 4.77. The molecule has 0 heterocycles. The molecule has 0 spiro atoms. The number of benzene rings is 3. The number of carboxylic acid groups (broad SMARTS) is 1. The van der Waals surface area contributed by atoms with Crippen molar-refractivity contribution in [3.63, 3.8) is 0 Å². The van der Waals surface area contributed by atoms with Crippen LogP contribution in [0.25, 0.3) is 6.08 Å². The van der Waals surface area contributed by atoms with E-state index in [1.165, 1.54) is 22.8 Å². The van der Waals surface area contributed by atoms with Gasteiger partial charge in [-0.25, -0.2) is 9.18 Å². The highest BCUT2D eigenvalue weighted by molar-refractivity contribution is 5.87. The third kappa shape index (κ3) is 4.95. The first-order chi connectivity index (χ1) is 13.4. The van der Waals surface area contributed by atoms with Gasteiger partial charge in [0.05, 0.1) is 5.56 Å². The molecule has 1 atom stereocenters. The van der Waals surface area contributed by atoms with Crippen LogP contribution in [0, 0.1) is 19.7 Å². The van der Waals surface area contributed by atoms with Crippen LogP contribution in [0.5, 0.6) is 0 Å². The molecule has 0 aliphatic rings. The summed E-state index contributed by atoms with van der Waals surface area (Å²) in [5.41, 5.74) is 5.77. The third-order valence-corrected chi connectivity index (χ3v) is 4.98. The minimum absolute atomic E-state index is 0.0111. The first-order valence-corrected chi connectivity index (χ1v) is 9.25. The Hall–Kier alpha value is -3.20. The number of hydrogen-bond donors (Lipinski definition) is 1. The first kappa shape index (κ1) is 19.6. The highest BCUT2D eigenvalue weighted by Gasteiger charge is 2.11. The Morgan fingerprint density at radius 3 is 2.39 bits per heavy atom. The molecule has 0 aliphatic carbocycles. The van der Waals surface area contributed by atoms with Gasteiger partial charge in [0.25, 0.3) is 0 Å². The zero-order valence-corrected chi connectivity index (χ0v) is 16.0. The zero-order valence-electron chi connectivity index (χ0n) is 16.0. The van der Waals surface area contributed by atoms with E-state index in [0.717, 1.165) is 17.5 Å². The molecule has 2 nitrogen and oxygen atoms in total. The van der Waals surface area contributed by atoms with E-state index in [9.17, 15) is 9.18 Å². The van der Waals surface area contributed by atoms with E-state index in [0.29, 0.717) is 0 Å². The van der Waals surface area contributed by atoms with Gasteiger partial charge >= 0.3 is 5.97 Å². The van der Waals surface area contributed by atoms with Crippen molar-refractivity contribution >= 4 is 12.0 Å². The highest BCUT2D eigenvalue weighted by Crippen LogP contribution is 2.25. The summed E-state index contributed by atoms with van der Waals surface area (Å²) in [6.45, 7) is 4.18. The van der Waals surface area contributed by atoms with E-state index in [1.54, 1.807) is 36.4 Å². The average Bonchev–Trinajstić information content (AvgIpc) is 2.68. The summed E-state index contributed by atoms with van der Waals surface area (Å²) in [5, 5.41) is 9.02. The Kier molecular flexibility index (Phi) is 6.05. The molecule has 3 aromatic carbocycles. The lowest BCUT2D eigenvalue weighted by Gasteiger charge is -2.15. The lowest BCUT2D eigenvalue weighted by atomic mass is 9.90. The summed E-state index contributed by atoms with van der Waals surface area (Å²) in [7, 11) is 0. The van der Waals surface area contributed by atoms with Crippen LogP contribution in [0.4, 0.5) is 4.39 Å². The molecule has 142 valence electrons. The predicted molar refractivity (Wildman–Crippen MR) is 111 cm³/mol. The minimum Gasteiger partial charge on any atom is -0.478 e. The van der Waals surface area contributed by atoms with E-state index in [2.05, 4.69) is 38.1 Å². The van der Waals surface area contributed by atoms with Crippen molar-refractivity contribution < 1.29 is 14.3 Å². The average molecular weight is 374 g/mol. The number of halogens is 1. The van der Waals surface area contributed by atoms with Gasteiger partial charge in [-0.3, -0.25) is 0 Å². The van der Waals surface area contributed by atoms with Crippen molar-refractivity contribution in [1.29, 1.82) is 0 Å². The number of allylic oxidation sites excluding steroid dienone is 1. The third-order valence-electron chi connectivity index (χ3n) is 4.98. The van der Waals surface area contributed by atoms with Crippen molar-refractivity contribution in [1.82, 2.24) is 0 Å². The van der Waals surface area contributed by atoms with Gasteiger partial charge in [0.2, 0.25) is 0 Å². The molecular weight excluding hydrogens is 351 g/mol. The van der Waals surface area contributed by atoms with Crippen molar-refractivity contribution in [2.45, 2.75) is 26.2 Å². The standard InChI is InChI=1S/C25H23FO2/c1-17-6-7-20(14-18(17)2)15-23(22-4-3-5-24(26)16-22)13-10-19-8-11-21(12-9-19)25(27)28/h3-14,16,23H,15H2,1-2H3,(H,27,28). The molecular formula is C25H23FO2. The Morgan fingerprint density at radius 2 is 1.75 bits per heavy atom. The second-order valence-electron chi connectivity index (χ2n) is 7.07.